The van der Waals surface area contributed by atoms with Crippen molar-refractivity contribution in [2.24, 2.45) is 0 Å². The fourth-order valence-electron chi connectivity index (χ4n) is 4.93. The van der Waals surface area contributed by atoms with E-state index in [4.69, 9.17) is 16.7 Å². The van der Waals surface area contributed by atoms with Gasteiger partial charge in [-0.15, -0.1) is 11.3 Å². The van der Waals surface area contributed by atoms with Crippen LogP contribution < -0.4 is 5.32 Å². The van der Waals surface area contributed by atoms with Crippen molar-refractivity contribution in [2.45, 2.75) is 18.9 Å². The van der Waals surface area contributed by atoms with Gasteiger partial charge in [-0.05, 0) is 60.5 Å². The van der Waals surface area contributed by atoms with Gasteiger partial charge >= 0.3 is 0 Å². The number of aromatic nitrogens is 4. The van der Waals surface area contributed by atoms with Crippen LogP contribution in [-0.4, -0.2) is 45.6 Å². The van der Waals surface area contributed by atoms with E-state index in [1.807, 2.05) is 59.3 Å². The first kappa shape index (κ1) is 26.4. The molecule has 1 N–H and O–H groups in total. The van der Waals surface area contributed by atoms with Crippen LogP contribution in [-0.2, 0) is 16.3 Å². The van der Waals surface area contributed by atoms with E-state index in [-0.39, 0.29) is 23.5 Å². The number of sulfone groups is 1. The molecular weight excluding hydrogens is 566 g/mol. The highest BCUT2D eigenvalue weighted by Crippen LogP contribution is 2.41. The molecule has 1 unspecified atom stereocenters. The lowest BCUT2D eigenvalue weighted by Crippen LogP contribution is -2.14. The summed E-state index contributed by atoms with van der Waals surface area (Å²) in [6.07, 6.45) is 4.26. The van der Waals surface area contributed by atoms with Gasteiger partial charge in [-0.1, -0.05) is 35.9 Å². The van der Waals surface area contributed by atoms with Crippen LogP contribution in [0.4, 0.5) is 5.82 Å². The van der Waals surface area contributed by atoms with Crippen molar-refractivity contribution in [3.8, 4) is 22.0 Å². The molecule has 1 amide bonds. The summed E-state index contributed by atoms with van der Waals surface area (Å²) in [7, 11) is -3.15. The normalized spacial score (nSPS) is 16.2. The number of amides is 1. The van der Waals surface area contributed by atoms with Gasteiger partial charge in [0.1, 0.15) is 11.5 Å². The third kappa shape index (κ3) is 5.56. The van der Waals surface area contributed by atoms with Gasteiger partial charge in [0.25, 0.3) is 5.91 Å². The second-order valence-corrected chi connectivity index (χ2v) is 13.5. The Balaban J connectivity index is 1.45. The van der Waals surface area contributed by atoms with Crippen molar-refractivity contribution < 1.29 is 13.2 Å². The summed E-state index contributed by atoms with van der Waals surface area (Å²) in [4.78, 5) is 22.6. The van der Waals surface area contributed by atoms with Crippen molar-refractivity contribution in [2.75, 3.05) is 16.8 Å². The maximum absolute atomic E-state index is 13.0. The molecule has 0 radical (unpaired) electrons. The molecule has 1 saturated heterocycles. The average molecular weight is 590 g/mol. The Kier molecular flexibility index (Phi) is 7.22. The van der Waals surface area contributed by atoms with Crippen molar-refractivity contribution >= 4 is 44.5 Å². The molecule has 5 heterocycles. The second kappa shape index (κ2) is 11.0. The van der Waals surface area contributed by atoms with E-state index in [9.17, 15) is 13.2 Å². The molecule has 0 bridgehead atoms. The molecule has 4 aromatic heterocycles. The summed E-state index contributed by atoms with van der Waals surface area (Å²) in [6.45, 7) is 0. The maximum Gasteiger partial charge on any atom is 0.256 e. The van der Waals surface area contributed by atoms with Gasteiger partial charge in [-0.3, -0.25) is 14.5 Å². The van der Waals surface area contributed by atoms with Crippen molar-refractivity contribution in [1.82, 2.24) is 19.7 Å². The SMILES string of the molecule is O=C(Nc1ccccn1)c1cccc(Cc2c(-c3ccccn3)nn(C3CCS(=O)(=O)C3)c2-c2ccc(Cl)s2)c1. The minimum Gasteiger partial charge on any atom is -0.307 e. The molecule has 0 aliphatic carbocycles. The number of hydrogen-bond donors (Lipinski definition) is 1. The zero-order valence-corrected chi connectivity index (χ0v) is 23.6. The number of carbonyl (C=O) groups is 1. The summed E-state index contributed by atoms with van der Waals surface area (Å²) in [5.74, 6) is 0.372. The summed E-state index contributed by atoms with van der Waals surface area (Å²) >= 11 is 7.78. The Morgan fingerprint density at radius 1 is 1.02 bits per heavy atom. The Hall–Kier alpha value is -3.86. The molecule has 1 atom stereocenters. The number of halogens is 1. The van der Waals surface area contributed by atoms with E-state index in [1.54, 1.807) is 30.6 Å². The first-order chi connectivity index (χ1) is 19.4. The van der Waals surface area contributed by atoms with Gasteiger partial charge in [0.15, 0.2) is 9.84 Å². The van der Waals surface area contributed by atoms with E-state index in [0.29, 0.717) is 39.9 Å². The molecule has 8 nitrogen and oxygen atoms in total. The number of carbonyl (C=O) groups excluding carboxylic acids is 1. The van der Waals surface area contributed by atoms with Gasteiger partial charge in [-0.2, -0.15) is 5.10 Å². The molecule has 1 aliphatic rings. The Labute approximate surface area is 240 Å². The smallest absolute Gasteiger partial charge is 0.256 e. The molecule has 0 saturated carbocycles. The summed E-state index contributed by atoms with van der Waals surface area (Å²) in [5, 5.41) is 7.82. The number of nitrogens with one attached hydrogen (secondary N) is 1. The third-order valence-corrected chi connectivity index (χ3v) is 9.74. The van der Waals surface area contributed by atoms with Gasteiger partial charge in [-0.25, -0.2) is 13.4 Å². The molecule has 5 aromatic rings. The molecule has 40 heavy (non-hydrogen) atoms. The fourth-order valence-corrected chi connectivity index (χ4v) is 7.73. The first-order valence-electron chi connectivity index (χ1n) is 12.7. The molecule has 6 rings (SSSR count). The summed E-state index contributed by atoms with van der Waals surface area (Å²) in [6, 6.07) is 21.8. The van der Waals surface area contributed by atoms with Crippen LogP contribution in [0.25, 0.3) is 22.0 Å². The number of benzene rings is 1. The van der Waals surface area contributed by atoms with E-state index in [2.05, 4.69) is 15.3 Å². The highest BCUT2D eigenvalue weighted by molar-refractivity contribution is 7.91. The van der Waals surface area contributed by atoms with Crippen molar-refractivity contribution in [3.63, 3.8) is 0 Å². The molecular formula is C29H24ClN5O3S2. The highest BCUT2D eigenvalue weighted by atomic mass is 35.5. The minimum absolute atomic E-state index is 0.0328. The van der Waals surface area contributed by atoms with Gasteiger partial charge in [0, 0.05) is 29.9 Å². The number of pyridine rings is 2. The number of nitrogens with zero attached hydrogens (tertiary/aromatic N) is 4. The number of rotatable bonds is 7. The largest absolute Gasteiger partial charge is 0.307 e. The van der Waals surface area contributed by atoms with Crippen LogP contribution in [0.3, 0.4) is 0 Å². The van der Waals surface area contributed by atoms with E-state index >= 15 is 0 Å². The van der Waals surface area contributed by atoms with Gasteiger partial charge in [0.2, 0.25) is 0 Å². The monoisotopic (exact) mass is 589 g/mol. The Morgan fingerprint density at radius 3 is 2.52 bits per heavy atom. The molecule has 1 aromatic carbocycles. The predicted octanol–water partition coefficient (Wildman–Crippen LogP) is 5.92. The van der Waals surface area contributed by atoms with E-state index in [1.165, 1.54) is 11.3 Å². The van der Waals surface area contributed by atoms with Crippen LogP contribution in [0.15, 0.2) is 85.2 Å². The predicted molar refractivity (Wildman–Crippen MR) is 158 cm³/mol. The van der Waals surface area contributed by atoms with Crippen LogP contribution in [0.1, 0.15) is 33.9 Å². The summed E-state index contributed by atoms with van der Waals surface area (Å²) in [5.41, 5.74) is 4.47. The van der Waals surface area contributed by atoms with Crippen LogP contribution >= 0.6 is 22.9 Å². The molecule has 1 fully saturated rings. The van der Waals surface area contributed by atoms with E-state index in [0.717, 1.165) is 21.7 Å². The molecule has 11 heteroatoms. The standard InChI is InChI=1S/C29H24ClN5O3S2/c30-25-11-10-24(39-25)28-22(17-19-6-5-7-20(16-19)29(36)33-26-9-2-4-14-32-26)27(23-8-1-3-13-31-23)34-35(28)21-12-15-40(37,38)18-21/h1-11,13-14,16,21H,12,15,17-18H2,(H,32,33,36). The average Bonchev–Trinajstić information content (AvgIpc) is 3.66. The lowest BCUT2D eigenvalue weighted by Gasteiger charge is -2.14. The topological polar surface area (TPSA) is 107 Å². The first-order valence-corrected chi connectivity index (χ1v) is 15.7. The fraction of sp³-hybridized carbons (Fsp3) is 0.172. The second-order valence-electron chi connectivity index (χ2n) is 9.54. The number of thiophene rings is 1. The maximum atomic E-state index is 13.0. The minimum atomic E-state index is -3.15. The zero-order valence-electron chi connectivity index (χ0n) is 21.2. The Morgan fingerprint density at radius 2 is 1.85 bits per heavy atom. The molecule has 0 spiro atoms. The zero-order chi connectivity index (χ0) is 27.7. The quantitative estimate of drug-likeness (QED) is 0.252. The van der Waals surface area contributed by atoms with Gasteiger partial charge in [0.05, 0.1) is 38.1 Å². The number of hydrogen-bond acceptors (Lipinski definition) is 7. The summed E-state index contributed by atoms with van der Waals surface area (Å²) < 4.78 is 27.4. The third-order valence-electron chi connectivity index (χ3n) is 6.75. The van der Waals surface area contributed by atoms with Crippen molar-refractivity contribution in [3.05, 3.63) is 106 Å². The molecule has 1 aliphatic heterocycles. The highest BCUT2D eigenvalue weighted by Gasteiger charge is 2.34. The van der Waals surface area contributed by atoms with Crippen LogP contribution in [0.2, 0.25) is 4.34 Å². The van der Waals surface area contributed by atoms with Gasteiger partial charge < -0.3 is 5.32 Å². The lowest BCUT2D eigenvalue weighted by atomic mass is 9.98. The lowest BCUT2D eigenvalue weighted by molar-refractivity contribution is 0.102. The molecule has 202 valence electrons. The van der Waals surface area contributed by atoms with Crippen LogP contribution in [0.5, 0.6) is 0 Å². The number of anilines is 1. The Bertz CT molecular complexity index is 1790. The van der Waals surface area contributed by atoms with E-state index < -0.39 is 9.84 Å². The van der Waals surface area contributed by atoms with Crippen LogP contribution in [0, 0.1) is 0 Å². The van der Waals surface area contributed by atoms with Crippen molar-refractivity contribution in [1.29, 1.82) is 0 Å².